The van der Waals surface area contributed by atoms with Crippen molar-refractivity contribution in [3.05, 3.63) is 39.7 Å². The molecule has 0 bridgehead atoms. The molecule has 0 aliphatic rings. The number of hydrogen-bond acceptors (Lipinski definition) is 6. The van der Waals surface area contributed by atoms with E-state index in [1.807, 2.05) is 20.9 Å². The second-order valence-corrected chi connectivity index (χ2v) is 4.62. The van der Waals surface area contributed by atoms with Gasteiger partial charge in [0.05, 0.1) is 23.3 Å². The third-order valence-corrected chi connectivity index (χ3v) is 3.18. The minimum absolute atomic E-state index is 0.00589. The summed E-state index contributed by atoms with van der Waals surface area (Å²) in [7, 11) is 1.87. The molecule has 0 unspecified atom stereocenters. The summed E-state index contributed by atoms with van der Waals surface area (Å²) in [6.07, 6.45) is 1.77. The number of aromatic nitrogens is 3. The Morgan fingerprint density at radius 1 is 1.33 bits per heavy atom. The van der Waals surface area contributed by atoms with Gasteiger partial charge in [0.1, 0.15) is 11.6 Å². The monoisotopic (exact) mass is 290 g/mol. The minimum Gasteiger partial charge on any atom is -0.370 e. The Morgan fingerprint density at radius 2 is 2.00 bits per heavy atom. The van der Waals surface area contributed by atoms with E-state index in [1.54, 1.807) is 10.9 Å². The molecule has 0 aromatic carbocycles. The second kappa shape index (κ2) is 6.21. The van der Waals surface area contributed by atoms with Crippen LogP contribution in [0.3, 0.4) is 0 Å². The Balaban J connectivity index is 2.18. The number of hydrogen-bond donors (Lipinski definition) is 2. The number of nitrogens with zero attached hydrogens (tertiary/aromatic N) is 4. The molecule has 2 heterocycles. The molecule has 112 valence electrons. The summed E-state index contributed by atoms with van der Waals surface area (Å²) in [6.45, 7) is 5.04. The molecular formula is C13H18N6O2. The summed E-state index contributed by atoms with van der Waals surface area (Å²) in [6, 6.07) is 2.84. The number of nitro groups is 1. The van der Waals surface area contributed by atoms with Crippen molar-refractivity contribution >= 4 is 17.3 Å². The van der Waals surface area contributed by atoms with Gasteiger partial charge in [0, 0.05) is 31.4 Å². The molecule has 0 amide bonds. The average Bonchev–Trinajstić information content (AvgIpc) is 2.77. The summed E-state index contributed by atoms with van der Waals surface area (Å²) in [5, 5.41) is 21.2. The van der Waals surface area contributed by atoms with Crippen LogP contribution in [0.2, 0.25) is 0 Å². The third-order valence-electron chi connectivity index (χ3n) is 3.18. The summed E-state index contributed by atoms with van der Waals surface area (Å²) in [5.74, 6) is 0.945. The Bertz CT molecular complexity index is 652. The maximum absolute atomic E-state index is 11.0. The lowest BCUT2D eigenvalue weighted by Crippen LogP contribution is -2.06. The topological polar surface area (TPSA) is 97.9 Å². The fraction of sp³-hybridized carbons (Fsp3) is 0.385. The first kappa shape index (κ1) is 14.8. The van der Waals surface area contributed by atoms with Gasteiger partial charge in [-0.25, -0.2) is 4.98 Å². The Labute approximate surface area is 122 Å². The molecule has 0 fully saturated rings. The van der Waals surface area contributed by atoms with Crippen LogP contribution in [-0.4, -0.2) is 26.2 Å². The van der Waals surface area contributed by atoms with Crippen LogP contribution in [0.15, 0.2) is 18.3 Å². The van der Waals surface area contributed by atoms with Crippen molar-refractivity contribution in [2.45, 2.75) is 20.4 Å². The molecule has 0 aliphatic heterocycles. The molecule has 0 aliphatic carbocycles. The van der Waals surface area contributed by atoms with Crippen LogP contribution in [0.25, 0.3) is 0 Å². The van der Waals surface area contributed by atoms with Crippen molar-refractivity contribution in [1.82, 2.24) is 14.8 Å². The maximum Gasteiger partial charge on any atom is 0.276 e. The van der Waals surface area contributed by atoms with Crippen LogP contribution < -0.4 is 10.6 Å². The first-order chi connectivity index (χ1) is 10.0. The van der Waals surface area contributed by atoms with Crippen LogP contribution in [-0.2, 0) is 13.6 Å². The first-order valence-electron chi connectivity index (χ1n) is 6.63. The highest BCUT2D eigenvalue weighted by Crippen LogP contribution is 2.21. The lowest BCUT2D eigenvalue weighted by Gasteiger charge is -2.08. The van der Waals surface area contributed by atoms with E-state index >= 15 is 0 Å². The summed E-state index contributed by atoms with van der Waals surface area (Å²) in [5.41, 5.74) is 2.07. The van der Waals surface area contributed by atoms with Crippen molar-refractivity contribution in [3.63, 3.8) is 0 Å². The van der Waals surface area contributed by atoms with Gasteiger partial charge in [-0.2, -0.15) is 5.10 Å². The molecule has 2 aromatic heterocycles. The number of pyridine rings is 1. The summed E-state index contributed by atoms with van der Waals surface area (Å²) in [4.78, 5) is 14.8. The van der Waals surface area contributed by atoms with Crippen molar-refractivity contribution < 1.29 is 4.92 Å². The van der Waals surface area contributed by atoms with Crippen molar-refractivity contribution in [2.24, 2.45) is 7.05 Å². The van der Waals surface area contributed by atoms with E-state index < -0.39 is 4.92 Å². The summed E-state index contributed by atoms with van der Waals surface area (Å²) >= 11 is 0. The molecule has 0 saturated carbocycles. The van der Waals surface area contributed by atoms with Gasteiger partial charge in [-0.05, 0) is 13.8 Å². The van der Waals surface area contributed by atoms with Crippen LogP contribution >= 0.6 is 0 Å². The van der Waals surface area contributed by atoms with Crippen molar-refractivity contribution in [1.29, 1.82) is 0 Å². The van der Waals surface area contributed by atoms with Gasteiger partial charge >= 0.3 is 0 Å². The maximum atomic E-state index is 11.0. The highest BCUT2D eigenvalue weighted by Gasteiger charge is 2.11. The van der Waals surface area contributed by atoms with E-state index in [2.05, 4.69) is 20.7 Å². The molecule has 8 heteroatoms. The Morgan fingerprint density at radius 3 is 2.52 bits per heavy atom. The van der Waals surface area contributed by atoms with E-state index in [9.17, 15) is 10.1 Å². The zero-order valence-electron chi connectivity index (χ0n) is 12.3. The fourth-order valence-electron chi connectivity index (χ4n) is 1.89. The van der Waals surface area contributed by atoms with E-state index in [4.69, 9.17) is 0 Å². The van der Waals surface area contributed by atoms with Crippen LogP contribution in [0.4, 0.5) is 17.3 Å². The van der Waals surface area contributed by atoms with Crippen LogP contribution in [0.5, 0.6) is 0 Å². The third kappa shape index (κ3) is 3.47. The molecule has 2 N–H and O–H groups in total. The molecule has 2 rings (SSSR count). The highest BCUT2D eigenvalue weighted by atomic mass is 16.6. The minimum atomic E-state index is -0.428. The van der Waals surface area contributed by atoms with Gasteiger partial charge in [0.2, 0.25) is 0 Å². The van der Waals surface area contributed by atoms with Gasteiger partial charge in [0.15, 0.2) is 0 Å². The standard InChI is InChI=1S/C13H18N6O2/c1-4-14-12-5-11(19(20)21)6-13(17-12)15-7-10-8-16-18(3)9(10)2/h5-6,8H,4,7H2,1-3H3,(H2,14,15,17). The lowest BCUT2D eigenvalue weighted by atomic mass is 10.2. The molecular weight excluding hydrogens is 272 g/mol. The first-order valence-corrected chi connectivity index (χ1v) is 6.63. The number of aryl methyl sites for hydroxylation is 1. The van der Waals surface area contributed by atoms with E-state index in [1.165, 1.54) is 12.1 Å². The predicted molar refractivity (Wildman–Crippen MR) is 80.3 cm³/mol. The molecule has 21 heavy (non-hydrogen) atoms. The zero-order chi connectivity index (χ0) is 15.4. The van der Waals surface area contributed by atoms with Gasteiger partial charge in [0.25, 0.3) is 5.69 Å². The molecule has 0 spiro atoms. The van der Waals surface area contributed by atoms with Crippen molar-refractivity contribution in [3.8, 4) is 0 Å². The molecule has 8 nitrogen and oxygen atoms in total. The van der Waals surface area contributed by atoms with E-state index in [0.717, 1.165) is 11.3 Å². The number of nitrogens with one attached hydrogen (secondary N) is 2. The Hall–Kier alpha value is -2.64. The average molecular weight is 290 g/mol. The van der Waals surface area contributed by atoms with Crippen LogP contribution in [0, 0.1) is 17.0 Å². The van der Waals surface area contributed by atoms with E-state index in [-0.39, 0.29) is 5.69 Å². The normalized spacial score (nSPS) is 10.4. The number of rotatable bonds is 6. The van der Waals surface area contributed by atoms with Gasteiger partial charge < -0.3 is 10.6 Å². The molecule has 0 saturated heterocycles. The largest absolute Gasteiger partial charge is 0.370 e. The fourth-order valence-corrected chi connectivity index (χ4v) is 1.89. The van der Waals surface area contributed by atoms with Crippen LogP contribution in [0.1, 0.15) is 18.2 Å². The predicted octanol–water partition coefficient (Wildman–Crippen LogP) is 2.08. The molecule has 0 radical (unpaired) electrons. The smallest absolute Gasteiger partial charge is 0.276 e. The zero-order valence-corrected chi connectivity index (χ0v) is 12.3. The van der Waals surface area contributed by atoms with Gasteiger partial charge in [-0.1, -0.05) is 0 Å². The second-order valence-electron chi connectivity index (χ2n) is 4.62. The lowest BCUT2D eigenvalue weighted by molar-refractivity contribution is -0.384. The quantitative estimate of drug-likeness (QED) is 0.624. The van der Waals surface area contributed by atoms with Gasteiger partial charge in [-0.3, -0.25) is 14.8 Å². The van der Waals surface area contributed by atoms with E-state index in [0.29, 0.717) is 24.7 Å². The molecule has 2 aromatic rings. The summed E-state index contributed by atoms with van der Waals surface area (Å²) < 4.78 is 1.78. The Kier molecular flexibility index (Phi) is 4.36. The number of anilines is 2. The van der Waals surface area contributed by atoms with Gasteiger partial charge in [-0.15, -0.1) is 0 Å². The highest BCUT2D eigenvalue weighted by molar-refractivity contribution is 5.54. The SMILES string of the molecule is CCNc1cc([N+](=O)[O-])cc(NCc2cnn(C)c2C)n1. The molecule has 0 atom stereocenters. The van der Waals surface area contributed by atoms with Crippen molar-refractivity contribution in [2.75, 3.05) is 17.2 Å².